The average Bonchev–Trinajstić information content (AvgIpc) is 2.29. The van der Waals surface area contributed by atoms with Crippen molar-refractivity contribution in [3.05, 3.63) is 34.3 Å². The zero-order valence-electron chi connectivity index (χ0n) is 10.2. The van der Waals surface area contributed by atoms with E-state index in [0.717, 1.165) is 11.1 Å². The summed E-state index contributed by atoms with van der Waals surface area (Å²) in [6.07, 6.45) is 0. The molecule has 0 heterocycles. The molecule has 17 heavy (non-hydrogen) atoms. The highest BCUT2D eigenvalue weighted by Gasteiger charge is 2.03. The van der Waals surface area contributed by atoms with E-state index in [2.05, 4.69) is 35.1 Å². The molecule has 1 N–H and O–H groups in total. The summed E-state index contributed by atoms with van der Waals surface area (Å²) in [5, 5.41) is 2.81. The standard InChI is InChI=1S/C13H18BrNO2/c1-10(2)9-17-8-7-15-13(16)11-3-5-12(14)6-4-11/h3-6,10H,7-9H2,1-2H3,(H,15,16). The third-order valence-electron chi connectivity index (χ3n) is 2.09. The molecule has 3 nitrogen and oxygen atoms in total. The fourth-order valence-electron chi connectivity index (χ4n) is 1.26. The van der Waals surface area contributed by atoms with Crippen LogP contribution in [0.3, 0.4) is 0 Å². The monoisotopic (exact) mass is 299 g/mol. The van der Waals surface area contributed by atoms with E-state index in [1.807, 2.05) is 12.1 Å². The molecule has 0 radical (unpaired) electrons. The number of halogens is 1. The lowest BCUT2D eigenvalue weighted by Gasteiger charge is -2.08. The van der Waals surface area contributed by atoms with Gasteiger partial charge in [0.1, 0.15) is 0 Å². The number of rotatable bonds is 6. The maximum atomic E-state index is 11.7. The van der Waals surface area contributed by atoms with Gasteiger partial charge in [-0.3, -0.25) is 4.79 Å². The molecule has 0 aliphatic carbocycles. The van der Waals surface area contributed by atoms with Gasteiger partial charge >= 0.3 is 0 Å². The Morgan fingerprint density at radius 3 is 2.59 bits per heavy atom. The molecule has 0 unspecified atom stereocenters. The van der Waals surface area contributed by atoms with Gasteiger partial charge in [-0.15, -0.1) is 0 Å². The Morgan fingerprint density at radius 2 is 2.00 bits per heavy atom. The van der Waals surface area contributed by atoms with Crippen molar-refractivity contribution in [3.63, 3.8) is 0 Å². The zero-order valence-corrected chi connectivity index (χ0v) is 11.8. The van der Waals surface area contributed by atoms with Gasteiger partial charge in [0.25, 0.3) is 5.91 Å². The van der Waals surface area contributed by atoms with Crippen LogP contribution in [0.25, 0.3) is 0 Å². The Bertz CT molecular complexity index is 349. The van der Waals surface area contributed by atoms with Crippen molar-refractivity contribution >= 4 is 21.8 Å². The number of hydrogen-bond donors (Lipinski definition) is 1. The summed E-state index contributed by atoms with van der Waals surface area (Å²) >= 11 is 3.33. The molecule has 0 atom stereocenters. The predicted molar refractivity (Wildman–Crippen MR) is 72.1 cm³/mol. The van der Waals surface area contributed by atoms with Crippen LogP contribution in [0.5, 0.6) is 0 Å². The van der Waals surface area contributed by atoms with Crippen molar-refractivity contribution in [2.45, 2.75) is 13.8 Å². The molecular formula is C13H18BrNO2. The van der Waals surface area contributed by atoms with E-state index in [1.165, 1.54) is 0 Å². The van der Waals surface area contributed by atoms with Gasteiger partial charge in [0.2, 0.25) is 0 Å². The first kappa shape index (κ1) is 14.2. The van der Waals surface area contributed by atoms with E-state index in [9.17, 15) is 4.79 Å². The molecule has 1 amide bonds. The van der Waals surface area contributed by atoms with Crippen molar-refractivity contribution in [2.75, 3.05) is 19.8 Å². The van der Waals surface area contributed by atoms with Crippen LogP contribution in [-0.2, 0) is 4.74 Å². The molecular weight excluding hydrogens is 282 g/mol. The lowest BCUT2D eigenvalue weighted by atomic mass is 10.2. The maximum absolute atomic E-state index is 11.7. The smallest absolute Gasteiger partial charge is 0.251 e. The average molecular weight is 300 g/mol. The molecule has 0 fully saturated rings. The summed E-state index contributed by atoms with van der Waals surface area (Å²) in [5.74, 6) is 0.461. The van der Waals surface area contributed by atoms with E-state index >= 15 is 0 Å². The second-order valence-corrected chi connectivity index (χ2v) is 5.15. The summed E-state index contributed by atoms with van der Waals surface area (Å²) in [7, 11) is 0. The third kappa shape index (κ3) is 5.84. The number of carbonyl (C=O) groups is 1. The highest BCUT2D eigenvalue weighted by Crippen LogP contribution is 2.10. The minimum atomic E-state index is -0.0642. The summed E-state index contributed by atoms with van der Waals surface area (Å²) < 4.78 is 6.35. The largest absolute Gasteiger partial charge is 0.379 e. The molecule has 1 aromatic rings. The summed E-state index contributed by atoms with van der Waals surface area (Å²) in [4.78, 5) is 11.7. The van der Waals surface area contributed by atoms with Crippen molar-refractivity contribution < 1.29 is 9.53 Å². The van der Waals surface area contributed by atoms with Crippen LogP contribution in [-0.4, -0.2) is 25.7 Å². The molecule has 0 spiro atoms. The van der Waals surface area contributed by atoms with Crippen LogP contribution in [0, 0.1) is 5.92 Å². The van der Waals surface area contributed by atoms with Gasteiger partial charge in [0.15, 0.2) is 0 Å². The van der Waals surface area contributed by atoms with E-state index < -0.39 is 0 Å². The SMILES string of the molecule is CC(C)COCCNC(=O)c1ccc(Br)cc1. The minimum absolute atomic E-state index is 0.0642. The Labute approximate surface area is 111 Å². The summed E-state index contributed by atoms with van der Waals surface area (Å²) in [5.41, 5.74) is 0.664. The fraction of sp³-hybridized carbons (Fsp3) is 0.462. The van der Waals surface area contributed by atoms with E-state index in [1.54, 1.807) is 12.1 Å². The normalized spacial score (nSPS) is 10.6. The fourth-order valence-corrected chi connectivity index (χ4v) is 1.52. The van der Waals surface area contributed by atoms with Gasteiger partial charge in [-0.25, -0.2) is 0 Å². The first-order valence-electron chi connectivity index (χ1n) is 5.71. The number of hydrogen-bond acceptors (Lipinski definition) is 2. The maximum Gasteiger partial charge on any atom is 0.251 e. The number of benzene rings is 1. The molecule has 0 saturated carbocycles. The zero-order chi connectivity index (χ0) is 12.7. The van der Waals surface area contributed by atoms with Crippen LogP contribution >= 0.6 is 15.9 Å². The van der Waals surface area contributed by atoms with Gasteiger partial charge in [-0.1, -0.05) is 29.8 Å². The topological polar surface area (TPSA) is 38.3 Å². The van der Waals surface area contributed by atoms with Crippen LogP contribution in [0.1, 0.15) is 24.2 Å². The van der Waals surface area contributed by atoms with Crippen LogP contribution < -0.4 is 5.32 Å². The van der Waals surface area contributed by atoms with Gasteiger partial charge in [-0.2, -0.15) is 0 Å². The summed E-state index contributed by atoms with van der Waals surface area (Å²) in [6.45, 7) is 6.02. The van der Waals surface area contributed by atoms with Crippen LogP contribution in [0.2, 0.25) is 0 Å². The molecule has 0 saturated heterocycles. The van der Waals surface area contributed by atoms with Crippen LogP contribution in [0.15, 0.2) is 28.7 Å². The number of ether oxygens (including phenoxy) is 1. The van der Waals surface area contributed by atoms with Gasteiger partial charge in [-0.05, 0) is 30.2 Å². The molecule has 1 rings (SSSR count). The Morgan fingerprint density at radius 1 is 1.35 bits per heavy atom. The Hall–Kier alpha value is -0.870. The lowest BCUT2D eigenvalue weighted by molar-refractivity contribution is 0.0886. The highest BCUT2D eigenvalue weighted by atomic mass is 79.9. The minimum Gasteiger partial charge on any atom is -0.379 e. The first-order chi connectivity index (χ1) is 8.09. The van der Waals surface area contributed by atoms with Crippen molar-refractivity contribution in [3.8, 4) is 0 Å². The number of amides is 1. The molecule has 0 aromatic heterocycles. The van der Waals surface area contributed by atoms with E-state index in [4.69, 9.17) is 4.74 Å². The molecule has 4 heteroatoms. The van der Waals surface area contributed by atoms with Gasteiger partial charge in [0, 0.05) is 23.2 Å². The lowest BCUT2D eigenvalue weighted by Crippen LogP contribution is -2.27. The number of carbonyl (C=O) groups excluding carboxylic acids is 1. The first-order valence-corrected chi connectivity index (χ1v) is 6.50. The highest BCUT2D eigenvalue weighted by molar-refractivity contribution is 9.10. The van der Waals surface area contributed by atoms with Gasteiger partial charge < -0.3 is 10.1 Å². The quantitative estimate of drug-likeness (QED) is 0.820. The molecule has 94 valence electrons. The van der Waals surface area contributed by atoms with Crippen molar-refractivity contribution in [1.29, 1.82) is 0 Å². The van der Waals surface area contributed by atoms with Crippen molar-refractivity contribution in [2.24, 2.45) is 5.92 Å². The second-order valence-electron chi connectivity index (χ2n) is 4.23. The summed E-state index contributed by atoms with van der Waals surface area (Å²) in [6, 6.07) is 7.27. The Kier molecular flexibility index (Phi) is 6.22. The molecule has 0 bridgehead atoms. The van der Waals surface area contributed by atoms with E-state index in [-0.39, 0.29) is 5.91 Å². The Balaban J connectivity index is 2.23. The van der Waals surface area contributed by atoms with Gasteiger partial charge in [0.05, 0.1) is 6.61 Å². The van der Waals surface area contributed by atoms with E-state index in [0.29, 0.717) is 24.6 Å². The predicted octanol–water partition coefficient (Wildman–Crippen LogP) is 2.85. The molecule has 0 aliphatic rings. The third-order valence-corrected chi connectivity index (χ3v) is 2.62. The van der Waals surface area contributed by atoms with Crippen LogP contribution in [0.4, 0.5) is 0 Å². The molecule has 1 aromatic carbocycles. The second kappa shape index (κ2) is 7.45. The number of nitrogens with one attached hydrogen (secondary N) is 1. The van der Waals surface area contributed by atoms with Crippen molar-refractivity contribution in [1.82, 2.24) is 5.32 Å². The molecule has 0 aliphatic heterocycles.